The number of hydrogen-bond acceptors (Lipinski definition) is 4. The summed E-state index contributed by atoms with van der Waals surface area (Å²) in [6.45, 7) is 1.68. The number of nitrogens with zero attached hydrogens (tertiary/aromatic N) is 1. The van der Waals surface area contributed by atoms with Crippen LogP contribution in [0.3, 0.4) is 0 Å². The van der Waals surface area contributed by atoms with E-state index in [0.29, 0.717) is 31.9 Å². The third-order valence-electron chi connectivity index (χ3n) is 2.99. The number of rotatable bonds is 1. The largest absolute Gasteiger partial charge is 0.486 e. The van der Waals surface area contributed by atoms with Gasteiger partial charge in [0.05, 0.1) is 0 Å². The summed E-state index contributed by atoms with van der Waals surface area (Å²) in [6, 6.07) is 5.46. The van der Waals surface area contributed by atoms with Gasteiger partial charge in [-0.25, -0.2) is 0 Å². The van der Waals surface area contributed by atoms with Crippen LogP contribution in [0.25, 0.3) is 0 Å². The molecule has 1 aromatic rings. The van der Waals surface area contributed by atoms with Crippen molar-refractivity contribution in [2.75, 3.05) is 24.7 Å². The van der Waals surface area contributed by atoms with Gasteiger partial charge >= 0.3 is 0 Å². The van der Waals surface area contributed by atoms with E-state index < -0.39 is 0 Å². The second-order valence-corrected chi connectivity index (χ2v) is 4.30. The molecule has 1 saturated heterocycles. The highest BCUT2D eigenvalue weighted by atomic mass is 16.6. The quantitative estimate of drug-likeness (QED) is 0.769. The topological polar surface area (TPSA) is 64.8 Å². The third-order valence-corrected chi connectivity index (χ3v) is 2.99. The van der Waals surface area contributed by atoms with E-state index in [1.165, 1.54) is 0 Å². The summed E-state index contributed by atoms with van der Waals surface area (Å²) >= 11 is 0. The molecule has 1 amide bonds. The standard InChI is InChI=1S/C12H14N2O3/c13-8-5-12(15)14(7-8)9-1-2-10-11(6-9)17-4-3-16-10/h1-2,6,8H,3-5,7,13H2/t8-/m0/s1. The number of hydrogen-bond donors (Lipinski definition) is 1. The molecule has 0 radical (unpaired) electrons. The molecule has 17 heavy (non-hydrogen) atoms. The minimum absolute atomic E-state index is 0.0641. The van der Waals surface area contributed by atoms with Gasteiger partial charge in [-0.15, -0.1) is 0 Å². The number of benzene rings is 1. The number of carbonyl (C=O) groups is 1. The predicted octanol–water partition coefficient (Wildman–Crippen LogP) is 0.522. The van der Waals surface area contributed by atoms with Gasteiger partial charge in [0, 0.05) is 30.8 Å². The first-order chi connectivity index (χ1) is 8.24. The predicted molar refractivity (Wildman–Crippen MR) is 62.4 cm³/mol. The highest BCUT2D eigenvalue weighted by Gasteiger charge is 2.28. The molecule has 1 fully saturated rings. The minimum atomic E-state index is -0.0734. The van der Waals surface area contributed by atoms with Gasteiger partial charge in [0.15, 0.2) is 11.5 Å². The summed E-state index contributed by atoms with van der Waals surface area (Å²) in [5.74, 6) is 1.49. The van der Waals surface area contributed by atoms with Crippen LogP contribution in [-0.2, 0) is 4.79 Å². The molecule has 0 aliphatic carbocycles. The maximum atomic E-state index is 11.7. The molecule has 2 aliphatic rings. The molecule has 0 aromatic heterocycles. The fraction of sp³-hybridized carbons (Fsp3) is 0.417. The van der Waals surface area contributed by atoms with E-state index in [4.69, 9.17) is 15.2 Å². The van der Waals surface area contributed by atoms with Gasteiger partial charge in [-0.05, 0) is 12.1 Å². The molecule has 2 aliphatic heterocycles. The van der Waals surface area contributed by atoms with E-state index in [9.17, 15) is 4.79 Å². The molecule has 0 unspecified atom stereocenters. The number of carbonyl (C=O) groups excluding carboxylic acids is 1. The van der Waals surface area contributed by atoms with Crippen molar-refractivity contribution in [1.82, 2.24) is 0 Å². The lowest BCUT2D eigenvalue weighted by atomic mass is 10.2. The molecule has 2 heterocycles. The van der Waals surface area contributed by atoms with Gasteiger partial charge < -0.3 is 20.1 Å². The molecular weight excluding hydrogens is 220 g/mol. The van der Waals surface area contributed by atoms with Crippen LogP contribution in [0.2, 0.25) is 0 Å². The van der Waals surface area contributed by atoms with Crippen LogP contribution in [0.15, 0.2) is 18.2 Å². The molecule has 0 spiro atoms. The van der Waals surface area contributed by atoms with Crippen LogP contribution in [-0.4, -0.2) is 31.7 Å². The van der Waals surface area contributed by atoms with Gasteiger partial charge in [0.25, 0.3) is 0 Å². The molecule has 0 bridgehead atoms. The molecule has 90 valence electrons. The highest BCUT2D eigenvalue weighted by Crippen LogP contribution is 2.34. The summed E-state index contributed by atoms with van der Waals surface area (Å²) < 4.78 is 10.9. The Kier molecular flexibility index (Phi) is 2.40. The maximum Gasteiger partial charge on any atom is 0.228 e. The van der Waals surface area contributed by atoms with Gasteiger partial charge in [0.1, 0.15) is 13.2 Å². The molecule has 3 rings (SSSR count). The number of nitrogens with two attached hydrogens (primary N) is 1. The van der Waals surface area contributed by atoms with Gasteiger partial charge in [-0.1, -0.05) is 0 Å². The zero-order valence-electron chi connectivity index (χ0n) is 9.39. The Hall–Kier alpha value is -1.75. The van der Waals surface area contributed by atoms with Gasteiger partial charge in [0.2, 0.25) is 5.91 Å². The van der Waals surface area contributed by atoms with Crippen LogP contribution in [0.4, 0.5) is 5.69 Å². The molecular formula is C12H14N2O3. The van der Waals surface area contributed by atoms with E-state index in [2.05, 4.69) is 0 Å². The second-order valence-electron chi connectivity index (χ2n) is 4.30. The van der Waals surface area contributed by atoms with E-state index in [-0.39, 0.29) is 11.9 Å². The fourth-order valence-corrected chi connectivity index (χ4v) is 2.18. The summed E-state index contributed by atoms with van der Waals surface area (Å²) in [7, 11) is 0. The van der Waals surface area contributed by atoms with Crippen molar-refractivity contribution in [2.45, 2.75) is 12.5 Å². The second kappa shape index (κ2) is 3.92. The zero-order chi connectivity index (χ0) is 11.8. The van der Waals surface area contributed by atoms with E-state index in [1.54, 1.807) is 4.90 Å². The molecule has 2 N–H and O–H groups in total. The average Bonchev–Trinajstić information content (AvgIpc) is 2.68. The summed E-state index contributed by atoms with van der Waals surface area (Å²) in [4.78, 5) is 13.4. The smallest absolute Gasteiger partial charge is 0.228 e. The van der Waals surface area contributed by atoms with E-state index in [0.717, 1.165) is 11.4 Å². The van der Waals surface area contributed by atoms with Crippen LogP contribution >= 0.6 is 0 Å². The Morgan fingerprint density at radius 2 is 2.00 bits per heavy atom. The number of fused-ring (bicyclic) bond motifs is 1. The van der Waals surface area contributed by atoms with Crippen molar-refractivity contribution in [2.24, 2.45) is 5.73 Å². The molecule has 5 heteroatoms. The Labute approximate surface area is 99.1 Å². The fourth-order valence-electron chi connectivity index (χ4n) is 2.18. The van der Waals surface area contributed by atoms with Crippen LogP contribution in [0, 0.1) is 0 Å². The third kappa shape index (κ3) is 1.82. The highest BCUT2D eigenvalue weighted by molar-refractivity contribution is 5.96. The van der Waals surface area contributed by atoms with Crippen molar-refractivity contribution < 1.29 is 14.3 Å². The molecule has 5 nitrogen and oxygen atoms in total. The number of anilines is 1. The van der Waals surface area contributed by atoms with Crippen LogP contribution < -0.4 is 20.1 Å². The molecule has 1 atom stereocenters. The first-order valence-corrected chi connectivity index (χ1v) is 5.69. The van der Waals surface area contributed by atoms with Crippen molar-refractivity contribution in [1.29, 1.82) is 0 Å². The minimum Gasteiger partial charge on any atom is -0.486 e. The number of amides is 1. The monoisotopic (exact) mass is 234 g/mol. The Morgan fingerprint density at radius 1 is 1.24 bits per heavy atom. The van der Waals surface area contributed by atoms with Crippen LogP contribution in [0.1, 0.15) is 6.42 Å². The van der Waals surface area contributed by atoms with Crippen molar-refractivity contribution in [3.63, 3.8) is 0 Å². The first kappa shape index (κ1) is 10.4. The van der Waals surface area contributed by atoms with E-state index >= 15 is 0 Å². The lowest BCUT2D eigenvalue weighted by Gasteiger charge is -2.22. The average molecular weight is 234 g/mol. The summed E-state index contributed by atoms with van der Waals surface area (Å²) in [6.07, 6.45) is 0.411. The van der Waals surface area contributed by atoms with E-state index in [1.807, 2.05) is 18.2 Å². The number of ether oxygens (including phenoxy) is 2. The Morgan fingerprint density at radius 3 is 2.71 bits per heavy atom. The Balaban J connectivity index is 1.91. The van der Waals surface area contributed by atoms with Gasteiger partial charge in [-0.3, -0.25) is 4.79 Å². The molecule has 0 saturated carbocycles. The van der Waals surface area contributed by atoms with Crippen LogP contribution in [0.5, 0.6) is 11.5 Å². The summed E-state index contributed by atoms with van der Waals surface area (Å²) in [5, 5.41) is 0. The van der Waals surface area contributed by atoms with Crippen molar-refractivity contribution in [3.8, 4) is 11.5 Å². The molecule has 1 aromatic carbocycles. The van der Waals surface area contributed by atoms with Crippen molar-refractivity contribution >= 4 is 11.6 Å². The lowest BCUT2D eigenvalue weighted by Crippen LogP contribution is -2.28. The van der Waals surface area contributed by atoms with Gasteiger partial charge in [-0.2, -0.15) is 0 Å². The van der Waals surface area contributed by atoms with Crippen molar-refractivity contribution in [3.05, 3.63) is 18.2 Å². The SMILES string of the molecule is N[C@H]1CC(=O)N(c2ccc3c(c2)OCCO3)C1. The lowest BCUT2D eigenvalue weighted by molar-refractivity contribution is -0.117. The first-order valence-electron chi connectivity index (χ1n) is 5.69. The maximum absolute atomic E-state index is 11.7. The Bertz CT molecular complexity index is 461. The zero-order valence-corrected chi connectivity index (χ0v) is 9.39. The summed E-state index contributed by atoms with van der Waals surface area (Å²) in [5.41, 5.74) is 6.60. The normalized spacial score (nSPS) is 23.0.